The maximum atomic E-state index is 11.6. The average Bonchev–Trinajstić information content (AvgIpc) is 2.38. The molecule has 0 aliphatic heterocycles. The predicted octanol–water partition coefficient (Wildman–Crippen LogP) is 4.38. The second-order valence-corrected chi connectivity index (χ2v) is 5.72. The zero-order chi connectivity index (χ0) is 13.8. The molecule has 0 aromatic heterocycles. The molecular weight excluding hydrogens is 351 g/mol. The normalized spacial score (nSPS) is 10.3. The lowest BCUT2D eigenvalue weighted by Gasteiger charge is -2.11. The summed E-state index contributed by atoms with van der Waals surface area (Å²) in [7, 11) is 0. The Morgan fingerprint density at radius 2 is 1.84 bits per heavy atom. The Morgan fingerprint density at radius 1 is 1.16 bits per heavy atom. The van der Waals surface area contributed by atoms with Crippen LogP contribution in [0.3, 0.4) is 0 Å². The van der Waals surface area contributed by atoms with Crippen LogP contribution in [0.5, 0.6) is 5.75 Å². The van der Waals surface area contributed by atoms with Crippen molar-refractivity contribution in [1.82, 2.24) is 0 Å². The fraction of sp³-hybridized carbons (Fsp3) is 0.188. The van der Waals surface area contributed by atoms with E-state index in [0.717, 1.165) is 11.1 Å². The maximum Gasteiger partial charge on any atom is 0.163 e. The Bertz CT molecular complexity index is 588. The van der Waals surface area contributed by atoms with Crippen molar-refractivity contribution in [3.8, 4) is 5.75 Å². The van der Waals surface area contributed by atoms with E-state index in [1.165, 1.54) is 3.57 Å². The summed E-state index contributed by atoms with van der Waals surface area (Å²) in [4.78, 5) is 11.6. The van der Waals surface area contributed by atoms with E-state index in [1.807, 2.05) is 49.4 Å². The number of hydrogen-bond donors (Lipinski definition) is 0. The fourth-order valence-electron chi connectivity index (χ4n) is 1.78. The first kappa shape index (κ1) is 14.1. The molecule has 0 aliphatic carbocycles. The highest BCUT2D eigenvalue weighted by Gasteiger charge is 2.08. The van der Waals surface area contributed by atoms with E-state index in [9.17, 15) is 4.79 Å². The lowest BCUT2D eigenvalue weighted by molar-refractivity contribution is 0.101. The Kier molecular flexibility index (Phi) is 4.58. The summed E-state index contributed by atoms with van der Waals surface area (Å²) in [5.74, 6) is 0.684. The highest BCUT2D eigenvalue weighted by atomic mass is 127. The van der Waals surface area contributed by atoms with E-state index in [1.54, 1.807) is 6.92 Å². The van der Waals surface area contributed by atoms with E-state index in [2.05, 4.69) is 22.6 Å². The quantitative estimate of drug-likeness (QED) is 0.593. The summed E-state index contributed by atoms with van der Waals surface area (Å²) < 4.78 is 6.98. The second kappa shape index (κ2) is 6.19. The number of halogens is 1. The van der Waals surface area contributed by atoms with Gasteiger partial charge < -0.3 is 4.74 Å². The summed E-state index contributed by atoms with van der Waals surface area (Å²) in [5.41, 5.74) is 2.81. The van der Waals surface area contributed by atoms with Crippen molar-refractivity contribution >= 4 is 28.4 Å². The standard InChI is InChI=1S/C16H15IO2/c1-11-3-8-15(12(2)18)16(9-11)19-10-13-4-6-14(17)7-5-13/h3-9H,10H2,1-2H3. The third-order valence-corrected chi connectivity index (χ3v) is 3.54. The van der Waals surface area contributed by atoms with Gasteiger partial charge in [0.05, 0.1) is 5.56 Å². The first-order valence-corrected chi connectivity index (χ1v) is 7.13. The van der Waals surface area contributed by atoms with Crippen molar-refractivity contribution < 1.29 is 9.53 Å². The molecule has 0 amide bonds. The minimum absolute atomic E-state index is 0.0256. The number of benzene rings is 2. The fourth-order valence-corrected chi connectivity index (χ4v) is 2.14. The topological polar surface area (TPSA) is 26.3 Å². The minimum Gasteiger partial charge on any atom is -0.488 e. The molecule has 98 valence electrons. The average molecular weight is 366 g/mol. The number of aryl methyl sites for hydroxylation is 1. The van der Waals surface area contributed by atoms with E-state index in [-0.39, 0.29) is 5.78 Å². The van der Waals surface area contributed by atoms with Crippen molar-refractivity contribution in [3.05, 3.63) is 62.7 Å². The van der Waals surface area contributed by atoms with Crippen LogP contribution in [-0.4, -0.2) is 5.78 Å². The van der Waals surface area contributed by atoms with Crippen LogP contribution in [-0.2, 0) is 6.61 Å². The van der Waals surface area contributed by atoms with Gasteiger partial charge in [0.15, 0.2) is 5.78 Å². The highest BCUT2D eigenvalue weighted by Crippen LogP contribution is 2.22. The van der Waals surface area contributed by atoms with Gasteiger partial charge >= 0.3 is 0 Å². The molecule has 0 atom stereocenters. The van der Waals surface area contributed by atoms with Crippen molar-refractivity contribution in [2.75, 3.05) is 0 Å². The summed E-state index contributed by atoms with van der Waals surface area (Å²) in [5, 5.41) is 0. The summed E-state index contributed by atoms with van der Waals surface area (Å²) in [6.07, 6.45) is 0. The molecular formula is C16H15IO2. The Hall–Kier alpha value is -1.36. The lowest BCUT2D eigenvalue weighted by atomic mass is 10.1. The number of carbonyl (C=O) groups excluding carboxylic acids is 1. The second-order valence-electron chi connectivity index (χ2n) is 4.47. The van der Waals surface area contributed by atoms with Crippen LogP contribution < -0.4 is 4.74 Å². The van der Waals surface area contributed by atoms with Crippen LogP contribution in [0.2, 0.25) is 0 Å². The van der Waals surface area contributed by atoms with Crippen LogP contribution in [0.4, 0.5) is 0 Å². The maximum absolute atomic E-state index is 11.6. The monoisotopic (exact) mass is 366 g/mol. The molecule has 0 bridgehead atoms. The van der Waals surface area contributed by atoms with Crippen molar-refractivity contribution in [3.63, 3.8) is 0 Å². The molecule has 19 heavy (non-hydrogen) atoms. The van der Waals surface area contributed by atoms with Crippen LogP contribution in [0, 0.1) is 10.5 Å². The van der Waals surface area contributed by atoms with Gasteiger partial charge in [-0.05, 0) is 71.8 Å². The van der Waals surface area contributed by atoms with Gasteiger partial charge in [-0.2, -0.15) is 0 Å². The van der Waals surface area contributed by atoms with Crippen molar-refractivity contribution in [1.29, 1.82) is 0 Å². The Balaban J connectivity index is 2.16. The third kappa shape index (κ3) is 3.80. The molecule has 2 rings (SSSR count). The molecule has 0 unspecified atom stereocenters. The SMILES string of the molecule is CC(=O)c1ccc(C)cc1OCc1ccc(I)cc1. The van der Waals surface area contributed by atoms with Crippen LogP contribution >= 0.6 is 22.6 Å². The Labute approximate surface area is 126 Å². The number of ether oxygens (including phenoxy) is 1. The molecule has 0 aliphatic rings. The van der Waals surface area contributed by atoms with Gasteiger partial charge in [-0.25, -0.2) is 0 Å². The van der Waals surface area contributed by atoms with Crippen LogP contribution in [0.1, 0.15) is 28.4 Å². The van der Waals surface area contributed by atoms with Crippen molar-refractivity contribution in [2.45, 2.75) is 20.5 Å². The molecule has 0 saturated carbocycles. The van der Waals surface area contributed by atoms with Gasteiger partial charge in [0.1, 0.15) is 12.4 Å². The lowest BCUT2D eigenvalue weighted by Crippen LogP contribution is -2.02. The highest BCUT2D eigenvalue weighted by molar-refractivity contribution is 14.1. The molecule has 3 heteroatoms. The number of hydrogen-bond acceptors (Lipinski definition) is 2. The van der Waals surface area contributed by atoms with Crippen LogP contribution in [0.15, 0.2) is 42.5 Å². The molecule has 0 saturated heterocycles. The van der Waals surface area contributed by atoms with E-state index in [0.29, 0.717) is 17.9 Å². The third-order valence-electron chi connectivity index (χ3n) is 2.82. The van der Waals surface area contributed by atoms with E-state index >= 15 is 0 Å². The summed E-state index contributed by atoms with van der Waals surface area (Å²) >= 11 is 2.27. The predicted molar refractivity (Wildman–Crippen MR) is 84.7 cm³/mol. The van der Waals surface area contributed by atoms with Gasteiger partial charge in [-0.15, -0.1) is 0 Å². The smallest absolute Gasteiger partial charge is 0.163 e. The van der Waals surface area contributed by atoms with Crippen LogP contribution in [0.25, 0.3) is 0 Å². The van der Waals surface area contributed by atoms with E-state index < -0.39 is 0 Å². The molecule has 2 aromatic carbocycles. The first-order valence-electron chi connectivity index (χ1n) is 6.05. The Morgan fingerprint density at radius 3 is 2.47 bits per heavy atom. The summed E-state index contributed by atoms with van der Waals surface area (Å²) in [6.45, 7) is 4.02. The molecule has 2 aromatic rings. The molecule has 0 spiro atoms. The number of Topliss-reactive ketones (excluding diaryl/α,β-unsaturated/α-hetero) is 1. The van der Waals surface area contributed by atoms with Gasteiger partial charge in [0, 0.05) is 3.57 Å². The number of carbonyl (C=O) groups is 1. The molecule has 0 radical (unpaired) electrons. The largest absolute Gasteiger partial charge is 0.488 e. The molecule has 2 nitrogen and oxygen atoms in total. The number of rotatable bonds is 4. The zero-order valence-corrected chi connectivity index (χ0v) is 13.1. The molecule has 0 heterocycles. The van der Waals surface area contributed by atoms with E-state index in [4.69, 9.17) is 4.74 Å². The van der Waals surface area contributed by atoms with Gasteiger partial charge in [0.2, 0.25) is 0 Å². The molecule has 0 N–H and O–H groups in total. The van der Waals surface area contributed by atoms with Gasteiger partial charge in [-0.1, -0.05) is 18.2 Å². The van der Waals surface area contributed by atoms with Gasteiger partial charge in [0.25, 0.3) is 0 Å². The summed E-state index contributed by atoms with van der Waals surface area (Å²) in [6, 6.07) is 13.8. The van der Waals surface area contributed by atoms with Crippen molar-refractivity contribution in [2.24, 2.45) is 0 Å². The zero-order valence-electron chi connectivity index (χ0n) is 10.9. The first-order chi connectivity index (χ1) is 9.06. The molecule has 0 fully saturated rings. The minimum atomic E-state index is 0.0256. The van der Waals surface area contributed by atoms with Gasteiger partial charge in [-0.3, -0.25) is 4.79 Å². The number of ketones is 1.